The summed E-state index contributed by atoms with van der Waals surface area (Å²) in [5.74, 6) is -1.54. The highest BCUT2D eigenvalue weighted by Gasteiger charge is 2.39. The van der Waals surface area contributed by atoms with E-state index in [1.54, 1.807) is 6.08 Å². The molecule has 2 heterocycles. The molecule has 0 saturated carbocycles. The van der Waals surface area contributed by atoms with Crippen LogP contribution in [-0.4, -0.2) is 33.0 Å². The predicted octanol–water partition coefficient (Wildman–Crippen LogP) is 4.93. The molecule has 1 atom stereocenters. The second kappa shape index (κ2) is 9.13. The first-order valence-corrected chi connectivity index (χ1v) is 11.4. The maximum atomic E-state index is 13.0. The summed E-state index contributed by atoms with van der Waals surface area (Å²) in [7, 11) is 0. The Balaban J connectivity index is 1.56. The van der Waals surface area contributed by atoms with Crippen molar-refractivity contribution < 1.29 is 14.7 Å². The van der Waals surface area contributed by atoms with E-state index < -0.39 is 17.9 Å². The molecule has 5 nitrogen and oxygen atoms in total. The molecule has 1 fully saturated rings. The van der Waals surface area contributed by atoms with Gasteiger partial charge in [-0.05, 0) is 53.7 Å². The highest BCUT2D eigenvalue weighted by Crippen LogP contribution is 2.31. The van der Waals surface area contributed by atoms with E-state index in [0.717, 1.165) is 30.3 Å². The number of halogens is 1. The second-order valence-electron chi connectivity index (χ2n) is 6.92. The van der Waals surface area contributed by atoms with Gasteiger partial charge < -0.3 is 10.4 Å². The van der Waals surface area contributed by atoms with Crippen LogP contribution in [0, 0.1) is 0 Å². The van der Waals surface area contributed by atoms with Crippen LogP contribution in [0.5, 0.6) is 0 Å². The summed E-state index contributed by atoms with van der Waals surface area (Å²) in [5, 5.41) is 12.7. The summed E-state index contributed by atoms with van der Waals surface area (Å²) >= 11 is 10.3. The van der Waals surface area contributed by atoms with E-state index in [0.29, 0.717) is 0 Å². The molecule has 0 radical (unpaired) electrons. The van der Waals surface area contributed by atoms with Crippen LogP contribution in [-0.2, 0) is 16.0 Å². The molecule has 1 aromatic heterocycles. The highest BCUT2D eigenvalue weighted by atomic mass is 79.9. The quantitative estimate of drug-likeness (QED) is 0.362. The van der Waals surface area contributed by atoms with Crippen LogP contribution >= 0.6 is 39.5 Å². The first-order valence-electron chi connectivity index (χ1n) is 9.41. The SMILES string of the molecule is O=C(O)C(Cc1ccccc1)N1C(=O)C(=Cc2ccc(-c3ccc(Br)cc3)s2)NC1=S. The zero-order chi connectivity index (χ0) is 22.0. The first-order chi connectivity index (χ1) is 14.9. The number of hydrogen-bond donors (Lipinski definition) is 2. The number of carboxylic acid groups (broad SMARTS) is 1. The number of carbonyl (C=O) groups is 2. The van der Waals surface area contributed by atoms with Crippen molar-refractivity contribution in [1.82, 2.24) is 10.2 Å². The van der Waals surface area contributed by atoms with Crippen molar-refractivity contribution in [3.8, 4) is 10.4 Å². The molecule has 31 heavy (non-hydrogen) atoms. The van der Waals surface area contributed by atoms with E-state index in [4.69, 9.17) is 12.2 Å². The zero-order valence-electron chi connectivity index (χ0n) is 16.1. The van der Waals surface area contributed by atoms with Gasteiger partial charge in [0.05, 0.1) is 0 Å². The van der Waals surface area contributed by atoms with Gasteiger partial charge in [0.1, 0.15) is 11.7 Å². The van der Waals surface area contributed by atoms with Gasteiger partial charge in [-0.25, -0.2) is 4.79 Å². The number of rotatable bonds is 6. The monoisotopic (exact) mass is 512 g/mol. The van der Waals surface area contributed by atoms with Crippen LogP contribution in [0.4, 0.5) is 0 Å². The molecule has 4 rings (SSSR count). The van der Waals surface area contributed by atoms with Gasteiger partial charge in [-0.15, -0.1) is 11.3 Å². The molecule has 1 unspecified atom stereocenters. The summed E-state index contributed by atoms with van der Waals surface area (Å²) in [4.78, 5) is 28.0. The van der Waals surface area contributed by atoms with Gasteiger partial charge in [-0.2, -0.15) is 0 Å². The van der Waals surface area contributed by atoms with Gasteiger partial charge in [0, 0.05) is 20.6 Å². The van der Waals surface area contributed by atoms with Gasteiger partial charge in [0.2, 0.25) is 0 Å². The minimum atomic E-state index is -1.10. The lowest BCUT2D eigenvalue weighted by molar-refractivity contribution is -0.145. The third-order valence-corrected chi connectivity index (χ3v) is 6.73. The van der Waals surface area contributed by atoms with Crippen molar-refractivity contribution in [3.05, 3.63) is 87.3 Å². The Labute approximate surface area is 197 Å². The molecule has 1 amide bonds. The van der Waals surface area contributed by atoms with Gasteiger partial charge in [-0.1, -0.05) is 58.4 Å². The lowest BCUT2D eigenvalue weighted by atomic mass is 10.0. The van der Waals surface area contributed by atoms with Crippen LogP contribution in [0.3, 0.4) is 0 Å². The topological polar surface area (TPSA) is 69.6 Å². The first kappa shape index (κ1) is 21.4. The molecule has 3 aromatic rings. The van der Waals surface area contributed by atoms with E-state index in [1.165, 1.54) is 11.3 Å². The van der Waals surface area contributed by atoms with E-state index in [9.17, 15) is 14.7 Å². The average Bonchev–Trinajstić information content (AvgIpc) is 3.32. The van der Waals surface area contributed by atoms with Crippen LogP contribution in [0.1, 0.15) is 10.4 Å². The summed E-state index contributed by atoms with van der Waals surface area (Å²) in [5.41, 5.74) is 2.17. The van der Waals surface area contributed by atoms with Crippen LogP contribution < -0.4 is 5.32 Å². The van der Waals surface area contributed by atoms with Gasteiger partial charge in [0.25, 0.3) is 5.91 Å². The molecule has 1 aliphatic rings. The molecule has 2 aromatic carbocycles. The normalized spacial score (nSPS) is 15.9. The Morgan fingerprint density at radius 3 is 2.52 bits per heavy atom. The number of nitrogens with zero attached hydrogens (tertiary/aromatic N) is 1. The molecule has 2 N–H and O–H groups in total. The van der Waals surface area contributed by atoms with Crippen molar-refractivity contribution in [2.75, 3.05) is 0 Å². The lowest BCUT2D eigenvalue weighted by Gasteiger charge is -2.22. The number of amides is 1. The largest absolute Gasteiger partial charge is 0.480 e. The zero-order valence-corrected chi connectivity index (χ0v) is 19.3. The van der Waals surface area contributed by atoms with Crippen molar-refractivity contribution in [1.29, 1.82) is 0 Å². The van der Waals surface area contributed by atoms with Gasteiger partial charge >= 0.3 is 5.97 Å². The molecule has 0 aliphatic carbocycles. The molecule has 1 saturated heterocycles. The van der Waals surface area contributed by atoms with Crippen molar-refractivity contribution in [2.24, 2.45) is 0 Å². The van der Waals surface area contributed by atoms with E-state index >= 15 is 0 Å². The number of carboxylic acids is 1. The summed E-state index contributed by atoms with van der Waals surface area (Å²) < 4.78 is 1.01. The number of benzene rings is 2. The molecular weight excluding hydrogens is 496 g/mol. The Morgan fingerprint density at radius 2 is 1.84 bits per heavy atom. The van der Waals surface area contributed by atoms with E-state index in [2.05, 4.69) is 21.2 Å². The third kappa shape index (κ3) is 4.76. The smallest absolute Gasteiger partial charge is 0.327 e. The molecular formula is C23H17BrN2O3S2. The fraction of sp³-hybridized carbons (Fsp3) is 0.0870. The molecule has 0 spiro atoms. The minimum absolute atomic E-state index is 0.101. The maximum absolute atomic E-state index is 13.0. The third-order valence-electron chi connectivity index (χ3n) is 4.82. The van der Waals surface area contributed by atoms with Gasteiger partial charge in [0.15, 0.2) is 5.11 Å². The number of thiocarbonyl (C=S) groups is 1. The van der Waals surface area contributed by atoms with Crippen molar-refractivity contribution in [2.45, 2.75) is 12.5 Å². The summed E-state index contributed by atoms with van der Waals surface area (Å²) in [6, 6.07) is 20.0. The molecule has 156 valence electrons. The van der Waals surface area contributed by atoms with Crippen LogP contribution in [0.15, 0.2) is 76.9 Å². The number of aliphatic carboxylic acids is 1. The second-order valence-corrected chi connectivity index (χ2v) is 9.33. The molecule has 1 aliphatic heterocycles. The minimum Gasteiger partial charge on any atom is -0.480 e. The number of thiophene rings is 1. The van der Waals surface area contributed by atoms with Crippen molar-refractivity contribution >= 4 is 62.5 Å². The Bertz CT molecular complexity index is 1170. The Kier molecular flexibility index (Phi) is 6.31. The van der Waals surface area contributed by atoms with Gasteiger partial charge in [-0.3, -0.25) is 9.69 Å². The fourth-order valence-corrected chi connectivity index (χ4v) is 4.84. The number of hydrogen-bond acceptors (Lipinski definition) is 4. The van der Waals surface area contributed by atoms with Crippen molar-refractivity contribution in [3.63, 3.8) is 0 Å². The Hall–Kier alpha value is -2.81. The number of nitrogens with one attached hydrogen (secondary N) is 1. The van der Waals surface area contributed by atoms with E-state index in [1.807, 2.05) is 66.7 Å². The van der Waals surface area contributed by atoms with Crippen LogP contribution in [0.25, 0.3) is 16.5 Å². The highest BCUT2D eigenvalue weighted by molar-refractivity contribution is 9.10. The predicted molar refractivity (Wildman–Crippen MR) is 130 cm³/mol. The molecule has 0 bridgehead atoms. The fourth-order valence-electron chi connectivity index (χ4n) is 3.30. The lowest BCUT2D eigenvalue weighted by Crippen LogP contribution is -2.46. The molecule has 8 heteroatoms. The average molecular weight is 513 g/mol. The maximum Gasteiger partial charge on any atom is 0.327 e. The summed E-state index contributed by atoms with van der Waals surface area (Å²) in [6.45, 7) is 0. The summed E-state index contributed by atoms with van der Waals surface area (Å²) in [6.07, 6.45) is 1.88. The van der Waals surface area contributed by atoms with Crippen LogP contribution in [0.2, 0.25) is 0 Å². The standard InChI is InChI=1S/C23H17BrN2O3S2/c24-16-8-6-15(7-9-16)20-11-10-17(31-20)13-18-21(27)26(23(30)25-18)19(22(28)29)12-14-4-2-1-3-5-14/h1-11,13,19H,12H2,(H,25,30)(H,28,29). The number of carbonyl (C=O) groups excluding carboxylic acids is 1. The Morgan fingerprint density at radius 1 is 1.13 bits per heavy atom. The van der Waals surface area contributed by atoms with E-state index in [-0.39, 0.29) is 17.2 Å².